The van der Waals surface area contributed by atoms with Gasteiger partial charge >= 0.3 is 0 Å². The molecule has 0 aliphatic carbocycles. The van der Waals surface area contributed by atoms with Gasteiger partial charge < -0.3 is 11.1 Å². The zero-order valence-corrected chi connectivity index (χ0v) is 10.7. The molecule has 2 rings (SSSR count). The molecule has 1 heterocycles. The number of nitrogens with one attached hydrogen (secondary N) is 1. The number of amides is 1. The topological polar surface area (TPSA) is 72.9 Å². The van der Waals surface area contributed by atoms with Crippen molar-refractivity contribution in [3.05, 3.63) is 41.2 Å². The number of nitrogens with two attached hydrogens (primary N) is 1. The third-order valence-electron chi connectivity index (χ3n) is 2.97. The Balaban J connectivity index is 2.24. The van der Waals surface area contributed by atoms with Crippen LogP contribution in [0.15, 0.2) is 24.3 Å². The molecule has 0 atom stereocenters. The lowest BCUT2D eigenvalue weighted by Crippen LogP contribution is -2.14. The molecule has 0 saturated heterocycles. The summed E-state index contributed by atoms with van der Waals surface area (Å²) in [5.41, 5.74) is 9.36. The number of aromatic nitrogens is 2. The van der Waals surface area contributed by atoms with Crippen LogP contribution in [-0.4, -0.2) is 15.7 Å². The molecule has 3 N–H and O–H groups in total. The Morgan fingerprint density at radius 1 is 1.39 bits per heavy atom. The van der Waals surface area contributed by atoms with Gasteiger partial charge in [-0.15, -0.1) is 0 Å². The molecule has 1 aromatic carbocycles. The second-order valence-electron chi connectivity index (χ2n) is 4.27. The Kier molecular flexibility index (Phi) is 3.06. The van der Waals surface area contributed by atoms with Gasteiger partial charge in [-0.1, -0.05) is 6.07 Å². The molecule has 0 unspecified atom stereocenters. The molecule has 0 radical (unpaired) electrons. The lowest BCUT2D eigenvalue weighted by Gasteiger charge is -2.08. The van der Waals surface area contributed by atoms with Gasteiger partial charge in [-0.3, -0.25) is 9.48 Å². The number of aryl methyl sites for hydroxylation is 2. The van der Waals surface area contributed by atoms with Crippen molar-refractivity contribution in [3.63, 3.8) is 0 Å². The molecule has 0 bridgehead atoms. The van der Waals surface area contributed by atoms with Crippen molar-refractivity contribution in [2.45, 2.75) is 13.8 Å². The number of carbonyl (C=O) groups excluding carboxylic acids is 1. The number of nitrogens with zero attached hydrogens (tertiary/aromatic N) is 2. The first-order valence-electron chi connectivity index (χ1n) is 5.66. The number of rotatable bonds is 2. The number of anilines is 2. The molecule has 0 fully saturated rings. The van der Waals surface area contributed by atoms with Gasteiger partial charge in [-0.05, 0) is 37.6 Å². The second kappa shape index (κ2) is 4.52. The van der Waals surface area contributed by atoms with Crippen LogP contribution in [0, 0.1) is 13.8 Å². The fourth-order valence-electron chi connectivity index (χ4n) is 1.65. The zero-order chi connectivity index (χ0) is 13.3. The van der Waals surface area contributed by atoms with E-state index < -0.39 is 0 Å². The van der Waals surface area contributed by atoms with Crippen LogP contribution in [-0.2, 0) is 7.05 Å². The highest BCUT2D eigenvalue weighted by molar-refractivity contribution is 6.03. The van der Waals surface area contributed by atoms with Gasteiger partial charge in [0.2, 0.25) is 0 Å². The minimum atomic E-state index is -0.229. The summed E-state index contributed by atoms with van der Waals surface area (Å²) in [5, 5.41) is 6.94. The largest absolute Gasteiger partial charge is 0.398 e. The zero-order valence-electron chi connectivity index (χ0n) is 10.7. The maximum atomic E-state index is 12.0. The Labute approximate surface area is 106 Å². The summed E-state index contributed by atoms with van der Waals surface area (Å²) < 4.78 is 1.67. The Morgan fingerprint density at radius 3 is 2.72 bits per heavy atom. The predicted molar refractivity (Wildman–Crippen MR) is 71.5 cm³/mol. The Hall–Kier alpha value is -2.30. The molecule has 2 aromatic rings. The molecular weight excluding hydrogens is 228 g/mol. The van der Waals surface area contributed by atoms with Crippen molar-refractivity contribution < 1.29 is 4.79 Å². The van der Waals surface area contributed by atoms with Crippen LogP contribution in [0.1, 0.15) is 21.7 Å². The van der Waals surface area contributed by atoms with Gasteiger partial charge in [0.05, 0.1) is 0 Å². The van der Waals surface area contributed by atoms with Crippen molar-refractivity contribution in [1.29, 1.82) is 0 Å². The van der Waals surface area contributed by atoms with Gasteiger partial charge in [0.15, 0.2) is 5.69 Å². The average Bonchev–Trinajstić information content (AvgIpc) is 2.66. The monoisotopic (exact) mass is 244 g/mol. The highest BCUT2D eigenvalue weighted by atomic mass is 16.1. The summed E-state index contributed by atoms with van der Waals surface area (Å²) in [5.74, 6) is -0.229. The Morgan fingerprint density at radius 2 is 2.11 bits per heavy atom. The summed E-state index contributed by atoms with van der Waals surface area (Å²) in [7, 11) is 1.80. The summed E-state index contributed by atoms with van der Waals surface area (Å²) >= 11 is 0. The molecule has 94 valence electrons. The van der Waals surface area contributed by atoms with Gasteiger partial charge in [0.1, 0.15) is 0 Å². The quantitative estimate of drug-likeness (QED) is 0.792. The van der Waals surface area contributed by atoms with E-state index in [9.17, 15) is 4.79 Å². The standard InChI is InChI=1S/C13H16N4O/c1-8-7-12(16-17(8)3)13(18)15-11-6-4-5-10(14)9(11)2/h4-7H,14H2,1-3H3,(H,15,18). The third-order valence-corrected chi connectivity index (χ3v) is 2.97. The van der Waals surface area contributed by atoms with E-state index in [2.05, 4.69) is 10.4 Å². The third kappa shape index (κ3) is 2.20. The number of hydrogen-bond donors (Lipinski definition) is 2. The number of hydrogen-bond acceptors (Lipinski definition) is 3. The van der Waals surface area contributed by atoms with E-state index in [1.54, 1.807) is 23.9 Å². The number of nitrogen functional groups attached to an aromatic ring is 1. The van der Waals surface area contributed by atoms with Crippen LogP contribution in [0.3, 0.4) is 0 Å². The molecule has 1 aromatic heterocycles. The minimum absolute atomic E-state index is 0.229. The van der Waals surface area contributed by atoms with E-state index in [-0.39, 0.29) is 5.91 Å². The van der Waals surface area contributed by atoms with Crippen molar-refractivity contribution in [2.75, 3.05) is 11.1 Å². The summed E-state index contributed by atoms with van der Waals surface area (Å²) in [6.45, 7) is 3.77. The van der Waals surface area contributed by atoms with Crippen molar-refractivity contribution in [1.82, 2.24) is 9.78 Å². The maximum Gasteiger partial charge on any atom is 0.276 e. The molecule has 1 amide bonds. The molecule has 0 saturated carbocycles. The first-order chi connectivity index (χ1) is 8.49. The molecular formula is C13H16N4O. The van der Waals surface area contributed by atoms with Crippen LogP contribution in [0.2, 0.25) is 0 Å². The van der Waals surface area contributed by atoms with E-state index in [0.717, 1.165) is 11.3 Å². The smallest absolute Gasteiger partial charge is 0.276 e. The van der Waals surface area contributed by atoms with Crippen LogP contribution >= 0.6 is 0 Å². The van der Waals surface area contributed by atoms with Crippen molar-refractivity contribution in [3.8, 4) is 0 Å². The summed E-state index contributed by atoms with van der Waals surface area (Å²) in [6.07, 6.45) is 0. The molecule has 0 aliphatic heterocycles. The fraction of sp³-hybridized carbons (Fsp3) is 0.231. The van der Waals surface area contributed by atoms with Crippen molar-refractivity contribution in [2.24, 2.45) is 7.05 Å². The van der Waals surface area contributed by atoms with Gasteiger partial charge in [0.25, 0.3) is 5.91 Å². The van der Waals surface area contributed by atoms with E-state index in [1.165, 1.54) is 0 Å². The van der Waals surface area contributed by atoms with Crippen molar-refractivity contribution >= 4 is 17.3 Å². The Bertz CT molecular complexity index is 582. The highest BCUT2D eigenvalue weighted by Gasteiger charge is 2.12. The molecule has 18 heavy (non-hydrogen) atoms. The van der Waals surface area contributed by atoms with Crippen LogP contribution < -0.4 is 11.1 Å². The van der Waals surface area contributed by atoms with Gasteiger partial charge in [-0.2, -0.15) is 5.10 Å². The molecule has 5 nitrogen and oxygen atoms in total. The first-order valence-corrected chi connectivity index (χ1v) is 5.66. The van der Waals surface area contributed by atoms with Gasteiger partial charge in [-0.25, -0.2) is 0 Å². The number of carbonyl (C=O) groups is 1. The normalized spacial score (nSPS) is 10.4. The molecule has 0 aliphatic rings. The minimum Gasteiger partial charge on any atom is -0.398 e. The lowest BCUT2D eigenvalue weighted by molar-refractivity contribution is 0.102. The molecule has 0 spiro atoms. The predicted octanol–water partition coefficient (Wildman–Crippen LogP) is 1.87. The van der Waals surface area contributed by atoms with Crippen LogP contribution in [0.4, 0.5) is 11.4 Å². The van der Waals surface area contributed by atoms with E-state index >= 15 is 0 Å². The van der Waals surface area contributed by atoms with Gasteiger partial charge in [0, 0.05) is 24.1 Å². The van der Waals surface area contributed by atoms with E-state index in [1.807, 2.05) is 26.0 Å². The highest BCUT2D eigenvalue weighted by Crippen LogP contribution is 2.21. The average molecular weight is 244 g/mol. The second-order valence-corrected chi connectivity index (χ2v) is 4.27. The van der Waals surface area contributed by atoms with Crippen LogP contribution in [0.25, 0.3) is 0 Å². The summed E-state index contributed by atoms with van der Waals surface area (Å²) in [4.78, 5) is 12.0. The fourth-order valence-corrected chi connectivity index (χ4v) is 1.65. The maximum absolute atomic E-state index is 12.0. The number of benzene rings is 1. The van der Waals surface area contributed by atoms with E-state index in [0.29, 0.717) is 17.1 Å². The lowest BCUT2D eigenvalue weighted by atomic mass is 10.1. The molecule has 5 heteroatoms. The summed E-state index contributed by atoms with van der Waals surface area (Å²) in [6, 6.07) is 7.17. The first kappa shape index (κ1) is 12.2. The van der Waals surface area contributed by atoms with E-state index in [4.69, 9.17) is 5.73 Å². The van der Waals surface area contributed by atoms with Crippen LogP contribution in [0.5, 0.6) is 0 Å². The SMILES string of the molecule is Cc1c(N)cccc1NC(=O)c1cc(C)n(C)n1.